The average molecular weight is 336 g/mol. The van der Waals surface area contributed by atoms with Crippen molar-refractivity contribution in [3.8, 4) is 5.75 Å². The Balaban J connectivity index is 1.68. The van der Waals surface area contributed by atoms with Crippen molar-refractivity contribution in [3.05, 3.63) is 48.3 Å². The molecule has 0 saturated heterocycles. The second kappa shape index (κ2) is 6.38. The van der Waals surface area contributed by atoms with Crippen LogP contribution >= 0.6 is 0 Å². The van der Waals surface area contributed by atoms with Crippen LogP contribution in [0.2, 0.25) is 0 Å². The third kappa shape index (κ3) is 3.76. The predicted molar refractivity (Wildman–Crippen MR) is 83.8 cm³/mol. The van der Waals surface area contributed by atoms with Gasteiger partial charge in [-0.1, -0.05) is 12.1 Å². The normalized spacial score (nSPS) is 11.7. The number of benzene rings is 1. The molecule has 0 fully saturated rings. The number of aryl methyl sites for hydroxylation is 1. The van der Waals surface area contributed by atoms with E-state index >= 15 is 0 Å². The van der Waals surface area contributed by atoms with Crippen LogP contribution in [0, 0.1) is 0 Å². The van der Waals surface area contributed by atoms with Crippen molar-refractivity contribution in [1.82, 2.24) is 14.5 Å². The Hall–Kier alpha value is -2.77. The number of hydrogen-bond acceptors (Lipinski definition) is 4. The van der Waals surface area contributed by atoms with Crippen LogP contribution in [-0.2, 0) is 13.6 Å². The highest BCUT2D eigenvalue weighted by Gasteiger charge is 2.28. The van der Waals surface area contributed by atoms with Gasteiger partial charge in [0, 0.05) is 19.8 Å². The molecule has 5 nitrogen and oxygen atoms in total. The lowest BCUT2D eigenvalue weighted by Gasteiger charge is -2.11. The van der Waals surface area contributed by atoms with Gasteiger partial charge in [0.05, 0.1) is 11.7 Å². The van der Waals surface area contributed by atoms with E-state index in [1.807, 2.05) is 17.7 Å². The van der Waals surface area contributed by atoms with E-state index in [0.717, 1.165) is 16.6 Å². The summed E-state index contributed by atoms with van der Waals surface area (Å²) in [6, 6.07) is 8.39. The molecule has 0 aliphatic carbocycles. The molecule has 2 aromatic heterocycles. The van der Waals surface area contributed by atoms with Crippen LogP contribution in [0.15, 0.2) is 42.7 Å². The second-order valence-electron chi connectivity index (χ2n) is 5.26. The summed E-state index contributed by atoms with van der Waals surface area (Å²) in [5, 5.41) is 3.16. The first-order valence-corrected chi connectivity index (χ1v) is 7.21. The molecule has 1 N–H and O–H groups in total. The van der Waals surface area contributed by atoms with Crippen molar-refractivity contribution in [1.29, 1.82) is 0 Å². The molecule has 8 heteroatoms. The van der Waals surface area contributed by atoms with E-state index in [-0.39, 0.29) is 5.75 Å². The molecule has 0 atom stereocenters. The zero-order chi connectivity index (χ0) is 17.2. The standard InChI is InChI=1S/C16H15F3N4O/c1-23-14-5-6-20-9-13(14)22-15(23)21-8-11-3-2-4-12(7-11)24-10-16(17,18)19/h2-7,9H,8,10H2,1H3,(H,21,22). The number of hydrogen-bond donors (Lipinski definition) is 1. The van der Waals surface area contributed by atoms with Crippen LogP contribution in [0.25, 0.3) is 11.0 Å². The number of pyridine rings is 1. The summed E-state index contributed by atoms with van der Waals surface area (Å²) in [5.74, 6) is 0.834. The number of imidazole rings is 1. The van der Waals surface area contributed by atoms with Gasteiger partial charge in [-0.3, -0.25) is 4.98 Å². The lowest BCUT2D eigenvalue weighted by molar-refractivity contribution is -0.153. The number of ether oxygens (including phenoxy) is 1. The summed E-state index contributed by atoms with van der Waals surface area (Å²) in [5.41, 5.74) is 2.50. The molecule has 0 bridgehead atoms. The molecule has 0 aliphatic rings. The van der Waals surface area contributed by atoms with Gasteiger partial charge in [-0.05, 0) is 23.8 Å². The average Bonchev–Trinajstić information content (AvgIpc) is 2.87. The van der Waals surface area contributed by atoms with Crippen LogP contribution in [-0.4, -0.2) is 27.3 Å². The number of alkyl halides is 3. The predicted octanol–water partition coefficient (Wildman–Crippen LogP) is 3.52. The van der Waals surface area contributed by atoms with Gasteiger partial charge < -0.3 is 14.6 Å². The highest BCUT2D eigenvalue weighted by atomic mass is 19.4. The molecule has 3 rings (SSSR count). The topological polar surface area (TPSA) is 52.0 Å². The monoisotopic (exact) mass is 336 g/mol. The van der Waals surface area contributed by atoms with Crippen LogP contribution < -0.4 is 10.1 Å². The van der Waals surface area contributed by atoms with Gasteiger partial charge in [0.15, 0.2) is 6.61 Å². The quantitative estimate of drug-likeness (QED) is 0.774. The first-order valence-electron chi connectivity index (χ1n) is 7.21. The van der Waals surface area contributed by atoms with Crippen LogP contribution in [0.5, 0.6) is 5.75 Å². The molecule has 0 unspecified atom stereocenters. The lowest BCUT2D eigenvalue weighted by Crippen LogP contribution is -2.19. The highest BCUT2D eigenvalue weighted by Crippen LogP contribution is 2.21. The van der Waals surface area contributed by atoms with E-state index in [1.54, 1.807) is 30.6 Å². The van der Waals surface area contributed by atoms with E-state index in [4.69, 9.17) is 4.74 Å². The molecule has 0 radical (unpaired) electrons. The van der Waals surface area contributed by atoms with Crippen molar-refractivity contribution in [2.75, 3.05) is 11.9 Å². The number of nitrogens with one attached hydrogen (secondary N) is 1. The van der Waals surface area contributed by atoms with Gasteiger partial charge in [-0.2, -0.15) is 13.2 Å². The van der Waals surface area contributed by atoms with Gasteiger partial charge in [0.1, 0.15) is 11.3 Å². The first kappa shape index (κ1) is 16.1. The fourth-order valence-electron chi connectivity index (χ4n) is 2.30. The minimum Gasteiger partial charge on any atom is -0.484 e. The van der Waals surface area contributed by atoms with Crippen molar-refractivity contribution in [2.24, 2.45) is 7.05 Å². The first-order chi connectivity index (χ1) is 11.4. The lowest BCUT2D eigenvalue weighted by atomic mass is 10.2. The van der Waals surface area contributed by atoms with Crippen molar-refractivity contribution in [2.45, 2.75) is 12.7 Å². The molecular weight excluding hydrogens is 321 g/mol. The Bertz CT molecular complexity index is 845. The van der Waals surface area contributed by atoms with E-state index in [1.165, 1.54) is 6.07 Å². The largest absolute Gasteiger partial charge is 0.484 e. The highest BCUT2D eigenvalue weighted by molar-refractivity contribution is 5.77. The molecular formula is C16H15F3N4O. The summed E-state index contributed by atoms with van der Waals surface area (Å²) in [6.45, 7) is -0.893. The maximum atomic E-state index is 12.2. The molecule has 0 amide bonds. The smallest absolute Gasteiger partial charge is 0.422 e. The Morgan fingerprint density at radius 2 is 2.08 bits per heavy atom. The molecule has 24 heavy (non-hydrogen) atoms. The summed E-state index contributed by atoms with van der Waals surface area (Å²) in [6.07, 6.45) is -0.989. The maximum absolute atomic E-state index is 12.2. The van der Waals surface area contributed by atoms with Gasteiger partial charge in [-0.15, -0.1) is 0 Å². The molecule has 0 saturated carbocycles. The molecule has 2 heterocycles. The van der Waals surface area contributed by atoms with Crippen LogP contribution in [0.3, 0.4) is 0 Å². The summed E-state index contributed by atoms with van der Waals surface area (Å²) < 4.78 is 43.3. The van der Waals surface area contributed by atoms with E-state index in [2.05, 4.69) is 15.3 Å². The summed E-state index contributed by atoms with van der Waals surface area (Å²) >= 11 is 0. The number of halogens is 3. The SMILES string of the molecule is Cn1c(NCc2cccc(OCC(F)(F)F)c2)nc2cnccc21. The van der Waals surface area contributed by atoms with E-state index < -0.39 is 12.8 Å². The van der Waals surface area contributed by atoms with Crippen LogP contribution in [0.1, 0.15) is 5.56 Å². The minimum atomic E-state index is -4.35. The number of aromatic nitrogens is 3. The summed E-state index contributed by atoms with van der Waals surface area (Å²) in [7, 11) is 1.88. The van der Waals surface area contributed by atoms with Gasteiger partial charge in [0.2, 0.25) is 5.95 Å². The summed E-state index contributed by atoms with van der Waals surface area (Å²) in [4.78, 5) is 8.45. The number of nitrogens with zero attached hydrogens (tertiary/aromatic N) is 3. The van der Waals surface area contributed by atoms with Gasteiger partial charge >= 0.3 is 6.18 Å². The molecule has 0 aliphatic heterocycles. The maximum Gasteiger partial charge on any atom is 0.422 e. The Morgan fingerprint density at radius 3 is 2.83 bits per heavy atom. The fourth-order valence-corrected chi connectivity index (χ4v) is 2.30. The fraction of sp³-hybridized carbons (Fsp3) is 0.250. The zero-order valence-electron chi connectivity index (χ0n) is 12.8. The van der Waals surface area contributed by atoms with Gasteiger partial charge in [0.25, 0.3) is 0 Å². The minimum absolute atomic E-state index is 0.181. The Morgan fingerprint density at radius 1 is 1.25 bits per heavy atom. The van der Waals surface area contributed by atoms with Crippen molar-refractivity contribution in [3.63, 3.8) is 0 Å². The molecule has 1 aromatic carbocycles. The zero-order valence-corrected chi connectivity index (χ0v) is 12.8. The number of rotatable bonds is 5. The third-order valence-corrected chi connectivity index (χ3v) is 3.43. The second-order valence-corrected chi connectivity index (χ2v) is 5.26. The number of anilines is 1. The van der Waals surface area contributed by atoms with Crippen molar-refractivity contribution >= 4 is 17.0 Å². The Labute approximate surface area is 136 Å². The molecule has 0 spiro atoms. The van der Waals surface area contributed by atoms with Crippen LogP contribution in [0.4, 0.5) is 19.1 Å². The van der Waals surface area contributed by atoms with Gasteiger partial charge in [-0.25, -0.2) is 4.98 Å². The molecule has 3 aromatic rings. The molecule has 126 valence electrons. The van der Waals surface area contributed by atoms with E-state index in [9.17, 15) is 13.2 Å². The van der Waals surface area contributed by atoms with E-state index in [0.29, 0.717) is 12.5 Å². The third-order valence-electron chi connectivity index (χ3n) is 3.43. The Kier molecular flexibility index (Phi) is 4.28. The number of fused-ring (bicyclic) bond motifs is 1. The van der Waals surface area contributed by atoms with Crippen molar-refractivity contribution < 1.29 is 17.9 Å².